The predicted octanol–water partition coefficient (Wildman–Crippen LogP) is 9.86. The Balaban J connectivity index is 1.94. The summed E-state index contributed by atoms with van der Waals surface area (Å²) < 4.78 is 182. The van der Waals surface area contributed by atoms with Crippen LogP contribution in [0.3, 0.4) is 0 Å². The highest BCUT2D eigenvalue weighted by molar-refractivity contribution is 5.85. The number of ether oxygens (including phenoxy) is 2. The zero-order valence-corrected chi connectivity index (χ0v) is 23.6. The fraction of sp³-hybridized carbons (Fsp3) is 0.536. The molecule has 0 saturated heterocycles. The van der Waals surface area contributed by atoms with Crippen LogP contribution < -0.4 is 9.47 Å². The van der Waals surface area contributed by atoms with Crippen molar-refractivity contribution >= 4 is 11.9 Å². The number of alkyl halides is 13. The van der Waals surface area contributed by atoms with Crippen LogP contribution in [0, 0.1) is 5.92 Å². The van der Waals surface area contributed by atoms with E-state index in [9.17, 15) is 62.2 Å². The van der Waals surface area contributed by atoms with Crippen molar-refractivity contribution in [1.29, 1.82) is 0 Å². The molecule has 0 radical (unpaired) electrons. The van der Waals surface area contributed by atoms with E-state index in [1.54, 1.807) is 24.3 Å². The third kappa shape index (κ3) is 8.26. The maximum Gasteiger partial charge on any atom is 0.460 e. The zero-order chi connectivity index (χ0) is 34.5. The lowest BCUT2D eigenvalue weighted by Gasteiger charge is -2.39. The van der Waals surface area contributed by atoms with Gasteiger partial charge in [-0.2, -0.15) is 57.1 Å². The predicted molar refractivity (Wildman–Crippen MR) is 137 cm³/mol. The minimum absolute atomic E-state index is 0.0647. The number of phenols is 1. The molecule has 0 aliphatic heterocycles. The molecule has 0 heterocycles. The summed E-state index contributed by atoms with van der Waals surface area (Å²) in [5.74, 6) is -36.3. The van der Waals surface area contributed by atoms with E-state index in [1.165, 1.54) is 18.3 Å². The summed E-state index contributed by atoms with van der Waals surface area (Å²) in [7, 11) is 0. The quantitative estimate of drug-likeness (QED) is 0.110. The van der Waals surface area contributed by atoms with Gasteiger partial charge in [0.05, 0.1) is 18.9 Å². The Hall–Kier alpha value is -3.40. The summed E-state index contributed by atoms with van der Waals surface area (Å²) in [6.45, 7) is 4.07. The van der Waals surface area contributed by atoms with Gasteiger partial charge in [-0.25, -0.2) is 0 Å². The molecule has 0 unspecified atom stereocenters. The molecule has 254 valence electrons. The lowest BCUT2D eigenvalue weighted by atomic mass is 9.92. The van der Waals surface area contributed by atoms with Crippen molar-refractivity contribution in [2.45, 2.75) is 75.3 Å². The number of halogens is 13. The van der Waals surface area contributed by atoms with E-state index >= 15 is 0 Å². The smallest absolute Gasteiger partial charge is 0.460 e. The molecule has 1 N–H and O–H groups in total. The van der Waals surface area contributed by atoms with Gasteiger partial charge in [-0.3, -0.25) is 4.99 Å². The fourth-order valence-electron chi connectivity index (χ4n) is 3.45. The topological polar surface area (TPSA) is 51.0 Å². The fourth-order valence-corrected chi connectivity index (χ4v) is 3.45. The van der Waals surface area contributed by atoms with Crippen LogP contribution in [0.2, 0.25) is 0 Å². The van der Waals surface area contributed by atoms with Crippen molar-refractivity contribution in [3.63, 3.8) is 0 Å². The summed E-state index contributed by atoms with van der Waals surface area (Å²) >= 11 is 0. The SMILES string of the molecule is CC[C@H](C)COc1ccc(N=Cc2ccc(OCCCCC(F)(F)C(F)(F)C(F)(F)C(F)(F)C(F)(F)C(F)(F)F)cc2O)cc1. The second-order valence-electron chi connectivity index (χ2n) is 10.1. The van der Waals surface area contributed by atoms with Crippen molar-refractivity contribution in [2.24, 2.45) is 10.9 Å². The number of aromatic hydroxyl groups is 1. The summed E-state index contributed by atoms with van der Waals surface area (Å²) in [6, 6.07) is 10.4. The minimum atomic E-state index is -7.92. The maximum absolute atomic E-state index is 13.9. The van der Waals surface area contributed by atoms with Gasteiger partial charge in [-0.05, 0) is 55.2 Å². The first kappa shape index (κ1) is 37.8. The van der Waals surface area contributed by atoms with Crippen LogP contribution in [0.1, 0.15) is 45.1 Å². The third-order valence-corrected chi connectivity index (χ3v) is 6.58. The number of nitrogens with zero attached hydrogens (tertiary/aromatic N) is 1. The first-order valence-electron chi connectivity index (χ1n) is 13.2. The Morgan fingerprint density at radius 1 is 0.733 bits per heavy atom. The second kappa shape index (κ2) is 13.9. The molecule has 0 amide bonds. The molecule has 2 rings (SSSR count). The average Bonchev–Trinajstić information content (AvgIpc) is 2.94. The Morgan fingerprint density at radius 3 is 1.82 bits per heavy atom. The Labute approximate surface area is 248 Å². The van der Waals surface area contributed by atoms with Crippen LogP contribution in [0.15, 0.2) is 47.5 Å². The van der Waals surface area contributed by atoms with E-state index in [4.69, 9.17) is 9.47 Å². The highest BCUT2D eigenvalue weighted by atomic mass is 19.4. The van der Waals surface area contributed by atoms with E-state index in [2.05, 4.69) is 4.99 Å². The van der Waals surface area contributed by atoms with E-state index in [1.807, 2.05) is 13.8 Å². The summed E-state index contributed by atoms with van der Waals surface area (Å²) in [5, 5.41) is 10.2. The van der Waals surface area contributed by atoms with Gasteiger partial charge in [0.2, 0.25) is 0 Å². The first-order valence-corrected chi connectivity index (χ1v) is 13.2. The number of hydrogen-bond donors (Lipinski definition) is 1. The van der Waals surface area contributed by atoms with Crippen LogP contribution in [-0.2, 0) is 0 Å². The van der Waals surface area contributed by atoms with Crippen LogP contribution in [0.4, 0.5) is 62.8 Å². The van der Waals surface area contributed by atoms with Crippen LogP contribution in [0.5, 0.6) is 17.2 Å². The average molecular weight is 674 g/mol. The number of hydrogen-bond acceptors (Lipinski definition) is 4. The van der Waals surface area contributed by atoms with E-state index < -0.39 is 61.7 Å². The van der Waals surface area contributed by atoms with Crippen LogP contribution >= 0.6 is 0 Å². The highest BCUT2D eigenvalue weighted by Crippen LogP contribution is 2.60. The van der Waals surface area contributed by atoms with E-state index in [0.29, 0.717) is 24.0 Å². The molecule has 0 fully saturated rings. The standard InChI is InChI=1S/C28H28F13NO3/c1-3-17(2)16-45-20-10-7-19(8-11-20)42-15-18-6-9-21(14-22(18)43)44-13-5-4-12-23(29,30)24(31,32)25(33,34)26(35,36)27(37,38)28(39,40)41/h6-11,14-15,17,43H,3-5,12-13,16H2,1-2H3/t17-/m0/s1. The summed E-state index contributed by atoms with van der Waals surface area (Å²) in [6.07, 6.45) is -9.21. The molecule has 0 saturated carbocycles. The van der Waals surface area contributed by atoms with Gasteiger partial charge in [-0.15, -0.1) is 0 Å². The molecule has 17 heteroatoms. The molecular weight excluding hydrogens is 645 g/mol. The number of aliphatic imine (C=N–C) groups is 1. The van der Waals surface area contributed by atoms with Gasteiger partial charge in [0.15, 0.2) is 0 Å². The molecule has 0 aliphatic carbocycles. The number of phenolic OH excluding ortho intramolecular Hbond substituents is 1. The van der Waals surface area contributed by atoms with E-state index in [0.717, 1.165) is 12.5 Å². The number of benzene rings is 2. The summed E-state index contributed by atoms with van der Waals surface area (Å²) in [5.41, 5.74) is 0.735. The molecule has 0 aliphatic rings. The minimum Gasteiger partial charge on any atom is -0.507 e. The number of rotatable bonds is 16. The Morgan fingerprint density at radius 2 is 1.29 bits per heavy atom. The van der Waals surface area contributed by atoms with Crippen LogP contribution in [-0.4, -0.2) is 60.3 Å². The van der Waals surface area contributed by atoms with Crippen molar-refractivity contribution in [3.05, 3.63) is 48.0 Å². The molecule has 4 nitrogen and oxygen atoms in total. The van der Waals surface area contributed by atoms with Crippen molar-refractivity contribution in [3.8, 4) is 17.2 Å². The van der Waals surface area contributed by atoms with Gasteiger partial charge in [0.25, 0.3) is 0 Å². The van der Waals surface area contributed by atoms with Gasteiger partial charge >= 0.3 is 35.8 Å². The second-order valence-corrected chi connectivity index (χ2v) is 10.1. The Kier molecular flexibility index (Phi) is 11.7. The maximum atomic E-state index is 13.9. The summed E-state index contributed by atoms with van der Waals surface area (Å²) in [4.78, 5) is 4.20. The highest BCUT2D eigenvalue weighted by Gasteiger charge is 2.90. The molecule has 2 aromatic rings. The molecule has 0 aromatic heterocycles. The molecular formula is C28H28F13NO3. The van der Waals surface area contributed by atoms with Crippen molar-refractivity contribution in [1.82, 2.24) is 0 Å². The largest absolute Gasteiger partial charge is 0.507 e. The van der Waals surface area contributed by atoms with Crippen molar-refractivity contribution < 1.29 is 71.7 Å². The van der Waals surface area contributed by atoms with Gasteiger partial charge in [0, 0.05) is 24.3 Å². The Bertz CT molecular complexity index is 1280. The van der Waals surface area contributed by atoms with Gasteiger partial charge < -0.3 is 14.6 Å². The monoisotopic (exact) mass is 673 g/mol. The zero-order valence-electron chi connectivity index (χ0n) is 23.6. The lowest BCUT2D eigenvalue weighted by molar-refractivity contribution is -0.440. The van der Waals surface area contributed by atoms with Crippen LogP contribution in [0.25, 0.3) is 0 Å². The lowest BCUT2D eigenvalue weighted by Crippen LogP contribution is -2.70. The van der Waals surface area contributed by atoms with E-state index in [-0.39, 0.29) is 17.1 Å². The molecule has 0 bridgehead atoms. The third-order valence-electron chi connectivity index (χ3n) is 6.58. The van der Waals surface area contributed by atoms with Gasteiger partial charge in [0.1, 0.15) is 17.2 Å². The first-order chi connectivity index (χ1) is 20.5. The molecule has 1 atom stereocenters. The number of unbranched alkanes of at least 4 members (excludes halogenated alkanes) is 1. The van der Waals surface area contributed by atoms with Gasteiger partial charge in [-0.1, -0.05) is 20.3 Å². The normalized spacial score (nSPS) is 14.6. The molecule has 45 heavy (non-hydrogen) atoms. The molecule has 0 spiro atoms. The molecule has 2 aromatic carbocycles. The van der Waals surface area contributed by atoms with Crippen molar-refractivity contribution in [2.75, 3.05) is 13.2 Å².